The second-order valence-corrected chi connectivity index (χ2v) is 4.82. The summed E-state index contributed by atoms with van der Waals surface area (Å²) in [6.45, 7) is 4.22. The van der Waals surface area contributed by atoms with E-state index in [1.165, 1.54) is 12.5 Å². The van der Waals surface area contributed by atoms with Gasteiger partial charge in [0.15, 0.2) is 6.39 Å². The zero-order valence-corrected chi connectivity index (χ0v) is 11.5. The number of benzene rings is 1. The number of nitrogens with one attached hydrogen (secondary N) is 1. The standard InChI is InChI=1S/C15H17FN2O2/c1-10(2)13-14(20-9-18-13)15(19)17-8-7-11-5-3-4-6-12(11)16/h3-6,9-10H,7-8H2,1-2H3,(H,17,19). The number of oxazole rings is 1. The Morgan fingerprint density at radius 3 is 2.85 bits per heavy atom. The van der Waals surface area contributed by atoms with Crippen LogP contribution in [0.4, 0.5) is 4.39 Å². The third kappa shape index (κ3) is 3.23. The minimum absolute atomic E-state index is 0.112. The molecule has 0 spiro atoms. The van der Waals surface area contributed by atoms with E-state index < -0.39 is 0 Å². The predicted molar refractivity (Wildman–Crippen MR) is 73.0 cm³/mol. The smallest absolute Gasteiger partial charge is 0.289 e. The maximum atomic E-state index is 13.4. The Bertz CT molecular complexity index is 593. The molecule has 20 heavy (non-hydrogen) atoms. The van der Waals surface area contributed by atoms with Crippen molar-refractivity contribution < 1.29 is 13.6 Å². The minimum atomic E-state index is -0.317. The van der Waals surface area contributed by atoms with E-state index in [1.54, 1.807) is 18.2 Å². The highest BCUT2D eigenvalue weighted by Gasteiger charge is 2.18. The number of carbonyl (C=O) groups is 1. The lowest BCUT2D eigenvalue weighted by Gasteiger charge is -2.06. The number of amides is 1. The predicted octanol–water partition coefficient (Wildman–Crippen LogP) is 2.91. The van der Waals surface area contributed by atoms with E-state index in [0.717, 1.165) is 0 Å². The molecular formula is C15H17FN2O2. The molecule has 2 rings (SSSR count). The molecule has 4 nitrogen and oxygen atoms in total. The molecule has 1 heterocycles. The van der Waals surface area contributed by atoms with Gasteiger partial charge in [0.25, 0.3) is 5.91 Å². The van der Waals surface area contributed by atoms with Crippen molar-refractivity contribution in [2.75, 3.05) is 6.54 Å². The molecule has 1 amide bonds. The Hall–Kier alpha value is -2.17. The van der Waals surface area contributed by atoms with E-state index >= 15 is 0 Å². The van der Waals surface area contributed by atoms with Crippen molar-refractivity contribution in [3.8, 4) is 0 Å². The summed E-state index contributed by atoms with van der Waals surface area (Å²) in [7, 11) is 0. The maximum absolute atomic E-state index is 13.4. The van der Waals surface area contributed by atoms with E-state index in [1.807, 2.05) is 13.8 Å². The number of aromatic nitrogens is 1. The summed E-state index contributed by atoms with van der Waals surface area (Å²) in [6, 6.07) is 6.52. The van der Waals surface area contributed by atoms with E-state index in [9.17, 15) is 9.18 Å². The molecule has 1 N–H and O–H groups in total. The second-order valence-electron chi connectivity index (χ2n) is 4.82. The van der Waals surface area contributed by atoms with Crippen molar-refractivity contribution in [1.29, 1.82) is 0 Å². The third-order valence-corrected chi connectivity index (χ3v) is 2.99. The molecule has 0 bridgehead atoms. The first-order chi connectivity index (χ1) is 9.59. The lowest BCUT2D eigenvalue weighted by Crippen LogP contribution is -2.26. The molecule has 0 aliphatic carbocycles. The van der Waals surface area contributed by atoms with Gasteiger partial charge >= 0.3 is 0 Å². The topological polar surface area (TPSA) is 55.1 Å². The van der Waals surface area contributed by atoms with E-state index in [2.05, 4.69) is 10.3 Å². The largest absolute Gasteiger partial charge is 0.438 e. The molecule has 0 radical (unpaired) electrons. The van der Waals surface area contributed by atoms with Crippen LogP contribution in [0.3, 0.4) is 0 Å². The number of nitrogens with zero attached hydrogens (tertiary/aromatic N) is 1. The van der Waals surface area contributed by atoms with Crippen molar-refractivity contribution in [2.24, 2.45) is 0 Å². The van der Waals surface area contributed by atoms with Crippen molar-refractivity contribution in [3.05, 3.63) is 53.5 Å². The van der Waals surface area contributed by atoms with Crippen LogP contribution in [0, 0.1) is 5.82 Å². The van der Waals surface area contributed by atoms with Crippen LogP contribution in [-0.4, -0.2) is 17.4 Å². The Balaban J connectivity index is 1.93. The van der Waals surface area contributed by atoms with Gasteiger partial charge in [-0.05, 0) is 24.0 Å². The first-order valence-corrected chi connectivity index (χ1v) is 6.54. The zero-order valence-electron chi connectivity index (χ0n) is 11.5. The number of carbonyl (C=O) groups excluding carboxylic acids is 1. The first-order valence-electron chi connectivity index (χ1n) is 6.54. The van der Waals surface area contributed by atoms with Crippen LogP contribution in [0.15, 0.2) is 35.1 Å². The van der Waals surface area contributed by atoms with Gasteiger partial charge in [0, 0.05) is 6.54 Å². The van der Waals surface area contributed by atoms with E-state index in [0.29, 0.717) is 24.2 Å². The summed E-state index contributed by atoms with van der Waals surface area (Å²) in [5, 5.41) is 2.72. The van der Waals surface area contributed by atoms with Gasteiger partial charge in [0.2, 0.25) is 5.76 Å². The molecular weight excluding hydrogens is 259 g/mol. The summed E-state index contributed by atoms with van der Waals surface area (Å²) < 4.78 is 18.5. The van der Waals surface area contributed by atoms with Gasteiger partial charge in [-0.15, -0.1) is 0 Å². The highest BCUT2D eigenvalue weighted by molar-refractivity contribution is 5.92. The van der Waals surface area contributed by atoms with Gasteiger partial charge in [0.05, 0.1) is 5.69 Å². The lowest BCUT2D eigenvalue weighted by molar-refractivity contribution is 0.0924. The number of hydrogen-bond acceptors (Lipinski definition) is 3. The Morgan fingerprint density at radius 1 is 1.40 bits per heavy atom. The molecule has 1 aromatic carbocycles. The number of rotatable bonds is 5. The molecule has 0 saturated heterocycles. The van der Waals surface area contributed by atoms with E-state index in [-0.39, 0.29) is 23.4 Å². The average Bonchev–Trinajstić information content (AvgIpc) is 2.90. The van der Waals surface area contributed by atoms with Crippen molar-refractivity contribution in [2.45, 2.75) is 26.2 Å². The molecule has 0 fully saturated rings. The summed E-state index contributed by atoms with van der Waals surface area (Å²) in [5.41, 5.74) is 1.21. The molecule has 5 heteroatoms. The molecule has 0 saturated carbocycles. The van der Waals surface area contributed by atoms with Gasteiger partial charge in [-0.1, -0.05) is 32.0 Å². The third-order valence-electron chi connectivity index (χ3n) is 2.99. The maximum Gasteiger partial charge on any atom is 0.289 e. The Morgan fingerprint density at radius 2 is 2.15 bits per heavy atom. The fourth-order valence-electron chi connectivity index (χ4n) is 1.93. The van der Waals surface area contributed by atoms with Crippen LogP contribution in [-0.2, 0) is 6.42 Å². The van der Waals surface area contributed by atoms with Gasteiger partial charge in [-0.2, -0.15) is 0 Å². The molecule has 2 aromatic rings. The van der Waals surface area contributed by atoms with Crippen LogP contribution in [0.2, 0.25) is 0 Å². The zero-order chi connectivity index (χ0) is 14.5. The number of halogens is 1. The van der Waals surface area contributed by atoms with Gasteiger partial charge in [-0.25, -0.2) is 9.37 Å². The quantitative estimate of drug-likeness (QED) is 0.913. The summed E-state index contributed by atoms with van der Waals surface area (Å²) in [5.74, 6) is -0.235. The van der Waals surface area contributed by atoms with Crippen molar-refractivity contribution in [3.63, 3.8) is 0 Å². The van der Waals surface area contributed by atoms with E-state index in [4.69, 9.17) is 4.42 Å². The van der Waals surface area contributed by atoms with Crippen LogP contribution < -0.4 is 5.32 Å². The Kier molecular flexibility index (Phi) is 4.50. The molecule has 0 unspecified atom stereocenters. The van der Waals surface area contributed by atoms with Crippen LogP contribution in [0.25, 0.3) is 0 Å². The minimum Gasteiger partial charge on any atom is -0.438 e. The highest BCUT2D eigenvalue weighted by atomic mass is 19.1. The van der Waals surface area contributed by atoms with Crippen LogP contribution in [0.1, 0.15) is 41.6 Å². The van der Waals surface area contributed by atoms with Gasteiger partial charge < -0.3 is 9.73 Å². The first kappa shape index (κ1) is 14.2. The molecule has 0 aliphatic rings. The molecule has 0 aliphatic heterocycles. The molecule has 0 atom stereocenters. The second kappa shape index (κ2) is 6.32. The molecule has 1 aromatic heterocycles. The summed E-state index contributed by atoms with van der Waals surface area (Å²) in [6.07, 6.45) is 1.70. The van der Waals surface area contributed by atoms with Crippen molar-refractivity contribution >= 4 is 5.91 Å². The fourth-order valence-corrected chi connectivity index (χ4v) is 1.93. The SMILES string of the molecule is CC(C)c1ncoc1C(=O)NCCc1ccccc1F. The monoisotopic (exact) mass is 276 g/mol. The normalized spacial score (nSPS) is 10.8. The number of hydrogen-bond donors (Lipinski definition) is 1. The van der Waals surface area contributed by atoms with Gasteiger partial charge in [-0.3, -0.25) is 4.79 Å². The average molecular weight is 276 g/mol. The van der Waals surface area contributed by atoms with Crippen molar-refractivity contribution in [1.82, 2.24) is 10.3 Å². The van der Waals surface area contributed by atoms with Crippen LogP contribution >= 0.6 is 0 Å². The van der Waals surface area contributed by atoms with Crippen LogP contribution in [0.5, 0.6) is 0 Å². The lowest BCUT2D eigenvalue weighted by atomic mass is 10.1. The molecule has 106 valence electrons. The summed E-state index contributed by atoms with van der Waals surface area (Å²) in [4.78, 5) is 16.0. The highest BCUT2D eigenvalue weighted by Crippen LogP contribution is 2.17. The summed E-state index contributed by atoms with van der Waals surface area (Å²) >= 11 is 0. The van der Waals surface area contributed by atoms with Gasteiger partial charge in [0.1, 0.15) is 5.82 Å². The fraction of sp³-hybridized carbons (Fsp3) is 0.333. The Labute approximate surface area is 117 Å².